The monoisotopic (exact) mass is 495 g/mol. The Bertz CT molecular complexity index is 1520. The van der Waals surface area contributed by atoms with Gasteiger partial charge < -0.3 is 5.32 Å². The number of carbonyl (C=O) groups excluding carboxylic acids is 2. The van der Waals surface area contributed by atoms with Crippen LogP contribution >= 0.6 is 11.3 Å². The topological polar surface area (TPSA) is 88.9 Å². The van der Waals surface area contributed by atoms with Gasteiger partial charge in [0.1, 0.15) is 6.33 Å². The van der Waals surface area contributed by atoms with Gasteiger partial charge in [-0.1, -0.05) is 68.4 Å². The van der Waals surface area contributed by atoms with Crippen molar-refractivity contribution in [3.8, 4) is 5.69 Å². The largest absolute Gasteiger partial charge is 0.344 e. The molecule has 0 fully saturated rings. The average molecular weight is 496 g/mol. The van der Waals surface area contributed by atoms with Gasteiger partial charge in [-0.05, 0) is 35.4 Å². The first-order valence-corrected chi connectivity index (χ1v) is 12.4. The number of carbonyl (C=O) groups is 2. The van der Waals surface area contributed by atoms with E-state index in [0.717, 1.165) is 33.5 Å². The molecule has 3 aromatic carbocycles. The Morgan fingerprint density at radius 3 is 2.42 bits per heavy atom. The lowest BCUT2D eigenvalue weighted by atomic mass is 9.82. The van der Waals surface area contributed by atoms with E-state index in [9.17, 15) is 9.59 Å². The predicted octanol–water partition coefficient (Wildman–Crippen LogP) is 5.06. The number of amides is 2. The molecule has 0 bridgehead atoms. The molecule has 0 radical (unpaired) electrons. The van der Waals surface area contributed by atoms with Crippen LogP contribution < -0.4 is 10.6 Å². The maximum Gasteiger partial charge on any atom is 0.315 e. The normalized spacial score (nSPS) is 11.4. The zero-order chi connectivity index (χ0) is 25.1. The molecule has 7 nitrogen and oxygen atoms in total. The highest BCUT2D eigenvalue weighted by atomic mass is 32.1. The Hall–Kier alpha value is -4.30. The molecule has 0 unspecified atom stereocenters. The summed E-state index contributed by atoms with van der Waals surface area (Å²) in [7, 11) is 0. The smallest absolute Gasteiger partial charge is 0.315 e. The van der Waals surface area contributed by atoms with Gasteiger partial charge in [-0.2, -0.15) is 0 Å². The fourth-order valence-electron chi connectivity index (χ4n) is 3.98. The summed E-state index contributed by atoms with van der Waals surface area (Å²) in [5.41, 5.74) is 5.43. The van der Waals surface area contributed by atoms with Crippen LogP contribution in [0.25, 0.3) is 16.7 Å². The molecule has 0 aliphatic rings. The van der Waals surface area contributed by atoms with E-state index in [0.29, 0.717) is 5.13 Å². The summed E-state index contributed by atoms with van der Waals surface area (Å²) in [6, 6.07) is 25.7. The summed E-state index contributed by atoms with van der Waals surface area (Å²) >= 11 is 1.30. The summed E-state index contributed by atoms with van der Waals surface area (Å²) in [5, 5.41) is 7.59. The van der Waals surface area contributed by atoms with Crippen LogP contribution in [0.3, 0.4) is 0 Å². The number of fused-ring (bicyclic) bond motifs is 1. The number of thiazole rings is 1. The van der Waals surface area contributed by atoms with E-state index < -0.39 is 11.8 Å². The molecule has 0 atom stereocenters. The second-order valence-corrected chi connectivity index (χ2v) is 9.79. The maximum absolute atomic E-state index is 12.4. The Balaban J connectivity index is 1.18. The molecule has 0 spiro atoms. The number of para-hydroxylation sites is 2. The lowest BCUT2D eigenvalue weighted by Crippen LogP contribution is -2.35. The molecular formula is C28H25N5O2S. The molecule has 8 heteroatoms. The zero-order valence-corrected chi connectivity index (χ0v) is 20.8. The zero-order valence-electron chi connectivity index (χ0n) is 19.9. The number of aromatic nitrogens is 3. The minimum absolute atomic E-state index is 0.237. The number of anilines is 1. The van der Waals surface area contributed by atoms with Crippen molar-refractivity contribution < 1.29 is 9.59 Å². The van der Waals surface area contributed by atoms with Gasteiger partial charge in [0.15, 0.2) is 5.13 Å². The highest BCUT2D eigenvalue weighted by Crippen LogP contribution is 2.33. The van der Waals surface area contributed by atoms with Crippen LogP contribution in [0.15, 0.2) is 90.6 Å². The van der Waals surface area contributed by atoms with Gasteiger partial charge in [0.2, 0.25) is 0 Å². The number of hydrogen-bond donors (Lipinski definition) is 2. The van der Waals surface area contributed by atoms with Gasteiger partial charge in [-0.15, -0.1) is 11.3 Å². The van der Waals surface area contributed by atoms with E-state index >= 15 is 0 Å². The van der Waals surface area contributed by atoms with Crippen molar-refractivity contribution in [2.45, 2.75) is 25.8 Å². The molecule has 2 N–H and O–H groups in total. The third-order valence-corrected chi connectivity index (χ3v) is 6.95. The van der Waals surface area contributed by atoms with Gasteiger partial charge in [0, 0.05) is 23.0 Å². The summed E-state index contributed by atoms with van der Waals surface area (Å²) in [5.74, 6) is -1.45. The molecule has 0 saturated carbocycles. The number of hydrogen-bond acceptors (Lipinski definition) is 5. The highest BCUT2D eigenvalue weighted by molar-refractivity contribution is 7.14. The van der Waals surface area contributed by atoms with Crippen molar-refractivity contribution in [1.82, 2.24) is 19.9 Å². The molecule has 5 aromatic rings. The van der Waals surface area contributed by atoms with Crippen molar-refractivity contribution in [2.75, 3.05) is 5.32 Å². The summed E-state index contributed by atoms with van der Waals surface area (Å²) in [6.45, 7) is 4.40. The lowest BCUT2D eigenvalue weighted by molar-refractivity contribution is -0.136. The van der Waals surface area contributed by atoms with E-state index in [2.05, 4.69) is 46.6 Å². The SMILES string of the molecule is CC(C)(c1ccccc1)c1csc(NC(=O)C(=O)NCc2ccc(-n3cnc4ccccc43)cc2)n1. The van der Waals surface area contributed by atoms with Crippen LogP contribution in [-0.4, -0.2) is 26.3 Å². The lowest BCUT2D eigenvalue weighted by Gasteiger charge is -2.22. The van der Waals surface area contributed by atoms with Crippen LogP contribution in [0.5, 0.6) is 0 Å². The second-order valence-electron chi connectivity index (χ2n) is 8.94. The van der Waals surface area contributed by atoms with E-state index in [1.165, 1.54) is 11.3 Å². The third kappa shape index (κ3) is 4.76. The van der Waals surface area contributed by atoms with Gasteiger partial charge >= 0.3 is 11.8 Å². The second kappa shape index (κ2) is 9.75. The standard InChI is InChI=1S/C28H25N5O2S/c1-28(2,20-8-4-3-5-9-20)24-17-36-27(31-24)32-26(35)25(34)29-16-19-12-14-21(15-13-19)33-18-30-22-10-6-7-11-23(22)33/h3-15,17-18H,16H2,1-2H3,(H,29,34)(H,31,32,35). The highest BCUT2D eigenvalue weighted by Gasteiger charge is 2.26. The van der Waals surface area contributed by atoms with Crippen LogP contribution in [0.1, 0.15) is 30.7 Å². The van der Waals surface area contributed by atoms with Crippen molar-refractivity contribution in [3.63, 3.8) is 0 Å². The quantitative estimate of drug-likeness (QED) is 0.322. The first kappa shape index (κ1) is 23.4. The molecule has 2 amide bonds. The molecule has 5 rings (SSSR count). The average Bonchev–Trinajstić information content (AvgIpc) is 3.56. The number of nitrogens with zero attached hydrogens (tertiary/aromatic N) is 3. The minimum atomic E-state index is -0.741. The van der Waals surface area contributed by atoms with Crippen molar-refractivity contribution in [1.29, 1.82) is 0 Å². The summed E-state index contributed by atoms with van der Waals surface area (Å²) < 4.78 is 2.01. The molecule has 2 aromatic heterocycles. The molecule has 0 aliphatic carbocycles. The van der Waals surface area contributed by atoms with Crippen LogP contribution in [0.2, 0.25) is 0 Å². The van der Waals surface area contributed by atoms with Crippen LogP contribution in [0.4, 0.5) is 5.13 Å². The Morgan fingerprint density at radius 1 is 0.917 bits per heavy atom. The first-order chi connectivity index (χ1) is 17.4. The van der Waals surface area contributed by atoms with Crippen molar-refractivity contribution in [3.05, 3.63) is 107 Å². The van der Waals surface area contributed by atoms with Crippen LogP contribution in [-0.2, 0) is 21.5 Å². The number of benzene rings is 3. The minimum Gasteiger partial charge on any atom is -0.344 e. The summed E-state index contributed by atoms with van der Waals surface area (Å²) in [4.78, 5) is 33.8. The number of imidazole rings is 1. The van der Waals surface area contributed by atoms with E-state index in [-0.39, 0.29) is 12.0 Å². The number of nitrogens with one attached hydrogen (secondary N) is 2. The van der Waals surface area contributed by atoms with Gasteiger partial charge in [-0.25, -0.2) is 9.97 Å². The van der Waals surface area contributed by atoms with Crippen LogP contribution in [0, 0.1) is 0 Å². The maximum atomic E-state index is 12.4. The fourth-order valence-corrected chi connectivity index (χ4v) is 4.85. The summed E-state index contributed by atoms with van der Waals surface area (Å²) in [6.07, 6.45) is 1.79. The molecule has 2 heterocycles. The first-order valence-electron chi connectivity index (χ1n) is 11.5. The van der Waals surface area contributed by atoms with Gasteiger partial charge in [0.05, 0.1) is 16.7 Å². The Morgan fingerprint density at radius 2 is 1.64 bits per heavy atom. The van der Waals surface area contributed by atoms with Crippen molar-refractivity contribution in [2.24, 2.45) is 0 Å². The Labute approximate surface area is 212 Å². The van der Waals surface area contributed by atoms with E-state index in [1.807, 2.05) is 76.7 Å². The van der Waals surface area contributed by atoms with Gasteiger partial charge in [0.25, 0.3) is 0 Å². The fraction of sp³-hybridized carbons (Fsp3) is 0.143. The molecule has 0 saturated heterocycles. The Kier molecular flexibility index (Phi) is 6.35. The third-order valence-electron chi connectivity index (χ3n) is 6.19. The number of rotatable bonds is 6. The molecule has 36 heavy (non-hydrogen) atoms. The molecular weight excluding hydrogens is 470 g/mol. The van der Waals surface area contributed by atoms with E-state index in [4.69, 9.17) is 0 Å². The van der Waals surface area contributed by atoms with Crippen molar-refractivity contribution >= 4 is 39.3 Å². The van der Waals surface area contributed by atoms with E-state index in [1.54, 1.807) is 6.33 Å². The van der Waals surface area contributed by atoms with Gasteiger partial charge in [-0.3, -0.25) is 19.5 Å². The molecule has 180 valence electrons. The predicted molar refractivity (Wildman–Crippen MR) is 142 cm³/mol. The molecule has 0 aliphatic heterocycles.